The highest BCUT2D eigenvalue weighted by atomic mass is 15.2. The van der Waals surface area contributed by atoms with Crippen LogP contribution in [0, 0.1) is 24.7 Å². The van der Waals surface area contributed by atoms with E-state index in [4.69, 9.17) is 5.84 Å². The quantitative estimate of drug-likeness (QED) is 0.633. The molecule has 0 radical (unpaired) electrons. The van der Waals surface area contributed by atoms with Crippen molar-refractivity contribution in [1.82, 2.24) is 10.4 Å². The zero-order valence-electron chi connectivity index (χ0n) is 11.1. The third-order valence-electron chi connectivity index (χ3n) is 4.95. The van der Waals surface area contributed by atoms with E-state index in [2.05, 4.69) is 22.5 Å². The molecule has 2 saturated carbocycles. The lowest BCUT2D eigenvalue weighted by Crippen LogP contribution is -2.30. The Morgan fingerprint density at radius 3 is 2.94 bits per heavy atom. The molecule has 2 bridgehead atoms. The second kappa shape index (κ2) is 4.98. The van der Waals surface area contributed by atoms with E-state index in [0.717, 1.165) is 23.4 Å². The highest BCUT2D eigenvalue weighted by molar-refractivity contribution is 5.19. The molecule has 0 amide bonds. The third kappa shape index (κ3) is 2.29. The van der Waals surface area contributed by atoms with Gasteiger partial charge < -0.3 is 0 Å². The maximum atomic E-state index is 5.76. The Morgan fingerprint density at radius 1 is 1.44 bits per heavy atom. The van der Waals surface area contributed by atoms with Gasteiger partial charge in [0.1, 0.15) is 0 Å². The van der Waals surface area contributed by atoms with Crippen LogP contribution >= 0.6 is 0 Å². The minimum absolute atomic E-state index is 0.288. The van der Waals surface area contributed by atoms with E-state index < -0.39 is 0 Å². The minimum Gasteiger partial charge on any atom is -0.271 e. The first-order valence-corrected chi connectivity index (χ1v) is 7.15. The summed E-state index contributed by atoms with van der Waals surface area (Å²) in [5.74, 6) is 8.61. The maximum Gasteiger partial charge on any atom is 0.0463 e. The largest absolute Gasteiger partial charge is 0.271 e. The molecular formula is C15H23N3. The Hall–Kier alpha value is -0.930. The van der Waals surface area contributed by atoms with Crippen molar-refractivity contribution in [3.63, 3.8) is 0 Å². The Bertz CT molecular complexity index is 418. The van der Waals surface area contributed by atoms with Crippen molar-refractivity contribution in [1.29, 1.82) is 0 Å². The lowest BCUT2D eigenvalue weighted by Gasteiger charge is -2.26. The second-order valence-corrected chi connectivity index (χ2v) is 6.12. The van der Waals surface area contributed by atoms with Crippen LogP contribution in [0.2, 0.25) is 0 Å². The number of nitrogens with one attached hydrogen (secondary N) is 1. The number of aryl methyl sites for hydroxylation is 1. The Kier molecular flexibility index (Phi) is 3.35. The van der Waals surface area contributed by atoms with Crippen LogP contribution in [-0.4, -0.2) is 4.98 Å². The van der Waals surface area contributed by atoms with Crippen LogP contribution in [0.4, 0.5) is 0 Å². The second-order valence-electron chi connectivity index (χ2n) is 6.12. The number of nitrogens with two attached hydrogens (primary N) is 1. The molecular weight excluding hydrogens is 222 g/mol. The first-order chi connectivity index (χ1) is 8.76. The summed E-state index contributed by atoms with van der Waals surface area (Å²) in [6.45, 7) is 2.04. The number of nitrogens with zero attached hydrogens (tertiary/aromatic N) is 1. The molecule has 1 aromatic rings. The molecule has 3 heteroatoms. The van der Waals surface area contributed by atoms with Crippen molar-refractivity contribution in [2.45, 2.75) is 45.1 Å². The van der Waals surface area contributed by atoms with Crippen molar-refractivity contribution < 1.29 is 0 Å². The monoisotopic (exact) mass is 245 g/mol. The van der Waals surface area contributed by atoms with Crippen LogP contribution < -0.4 is 11.3 Å². The van der Waals surface area contributed by atoms with Gasteiger partial charge in [0.2, 0.25) is 0 Å². The van der Waals surface area contributed by atoms with Crippen LogP contribution in [0.25, 0.3) is 0 Å². The summed E-state index contributed by atoms with van der Waals surface area (Å²) >= 11 is 0. The number of fused-ring (bicyclic) bond motifs is 2. The topological polar surface area (TPSA) is 50.9 Å². The van der Waals surface area contributed by atoms with Gasteiger partial charge in [-0.05, 0) is 68.1 Å². The van der Waals surface area contributed by atoms with E-state index in [-0.39, 0.29) is 6.04 Å². The standard InChI is InChI=1S/C15H23N3/c1-10-6-13(4-5-17-10)15(18-16)9-14-8-11-2-3-12(14)7-11/h4-6,11-12,14-15,18H,2-3,7-9,16H2,1H3. The number of hydrazine groups is 1. The van der Waals surface area contributed by atoms with Crippen molar-refractivity contribution in [3.05, 3.63) is 29.6 Å². The number of hydrogen-bond donors (Lipinski definition) is 2. The van der Waals surface area contributed by atoms with Crippen LogP contribution in [0.1, 0.15) is 49.4 Å². The van der Waals surface area contributed by atoms with Crippen molar-refractivity contribution in [2.75, 3.05) is 0 Å². The van der Waals surface area contributed by atoms with Crippen LogP contribution in [-0.2, 0) is 0 Å². The molecule has 2 aliphatic carbocycles. The van der Waals surface area contributed by atoms with Crippen LogP contribution in [0.3, 0.4) is 0 Å². The van der Waals surface area contributed by atoms with Gasteiger partial charge in [-0.2, -0.15) is 0 Å². The van der Waals surface area contributed by atoms with Gasteiger partial charge in [0, 0.05) is 17.9 Å². The summed E-state index contributed by atoms with van der Waals surface area (Å²) in [7, 11) is 0. The number of hydrogen-bond acceptors (Lipinski definition) is 3. The highest BCUT2D eigenvalue weighted by Crippen LogP contribution is 2.50. The molecule has 0 saturated heterocycles. The van der Waals surface area contributed by atoms with Gasteiger partial charge in [-0.25, -0.2) is 0 Å². The number of rotatable bonds is 4. The predicted octanol–water partition coefficient (Wildman–Crippen LogP) is 2.72. The number of pyridine rings is 1. The molecule has 3 N–H and O–H groups in total. The zero-order chi connectivity index (χ0) is 12.5. The summed E-state index contributed by atoms with van der Waals surface area (Å²) in [5.41, 5.74) is 5.36. The summed E-state index contributed by atoms with van der Waals surface area (Å²) in [6.07, 6.45) is 8.87. The molecule has 18 heavy (non-hydrogen) atoms. The van der Waals surface area contributed by atoms with E-state index >= 15 is 0 Å². The fourth-order valence-electron chi connectivity index (χ4n) is 4.05. The van der Waals surface area contributed by atoms with Gasteiger partial charge >= 0.3 is 0 Å². The summed E-state index contributed by atoms with van der Waals surface area (Å²) in [4.78, 5) is 4.26. The normalized spacial score (nSPS) is 31.8. The van der Waals surface area contributed by atoms with Crippen LogP contribution in [0.15, 0.2) is 18.3 Å². The molecule has 0 spiro atoms. The smallest absolute Gasteiger partial charge is 0.0463 e. The van der Waals surface area contributed by atoms with Gasteiger partial charge in [-0.15, -0.1) is 0 Å². The molecule has 1 aromatic heterocycles. The average Bonchev–Trinajstić information content (AvgIpc) is 2.98. The van der Waals surface area contributed by atoms with E-state index in [9.17, 15) is 0 Å². The van der Waals surface area contributed by atoms with Crippen LogP contribution in [0.5, 0.6) is 0 Å². The number of aromatic nitrogens is 1. The lowest BCUT2D eigenvalue weighted by molar-refractivity contribution is 0.280. The fourth-order valence-corrected chi connectivity index (χ4v) is 4.05. The first kappa shape index (κ1) is 12.1. The van der Waals surface area contributed by atoms with Gasteiger partial charge in [-0.1, -0.05) is 6.42 Å². The Labute approximate surface area is 109 Å². The predicted molar refractivity (Wildman–Crippen MR) is 72.6 cm³/mol. The van der Waals surface area contributed by atoms with E-state index in [0.29, 0.717) is 0 Å². The molecule has 1 heterocycles. The lowest BCUT2D eigenvalue weighted by atomic mass is 9.83. The molecule has 3 rings (SSSR count). The Balaban J connectivity index is 1.69. The molecule has 2 aliphatic rings. The Morgan fingerprint density at radius 2 is 2.33 bits per heavy atom. The first-order valence-electron chi connectivity index (χ1n) is 7.15. The summed E-state index contributed by atoms with van der Waals surface area (Å²) in [5, 5.41) is 0. The zero-order valence-corrected chi connectivity index (χ0v) is 11.1. The van der Waals surface area contributed by atoms with E-state index in [1.165, 1.54) is 37.7 Å². The van der Waals surface area contributed by atoms with Crippen molar-refractivity contribution >= 4 is 0 Å². The SMILES string of the molecule is Cc1cc(C(CC2CC3CCC2C3)NN)ccn1. The maximum absolute atomic E-state index is 5.76. The summed E-state index contributed by atoms with van der Waals surface area (Å²) < 4.78 is 0. The summed E-state index contributed by atoms with van der Waals surface area (Å²) in [6, 6.07) is 4.53. The van der Waals surface area contributed by atoms with E-state index in [1.807, 2.05) is 13.1 Å². The minimum atomic E-state index is 0.288. The third-order valence-corrected chi connectivity index (χ3v) is 4.95. The fraction of sp³-hybridized carbons (Fsp3) is 0.667. The van der Waals surface area contributed by atoms with Gasteiger partial charge in [-0.3, -0.25) is 16.3 Å². The van der Waals surface area contributed by atoms with Gasteiger partial charge in [0.15, 0.2) is 0 Å². The molecule has 3 nitrogen and oxygen atoms in total. The molecule has 4 atom stereocenters. The van der Waals surface area contributed by atoms with Gasteiger partial charge in [0.05, 0.1) is 0 Å². The molecule has 0 aliphatic heterocycles. The molecule has 2 fully saturated rings. The van der Waals surface area contributed by atoms with Gasteiger partial charge in [0.25, 0.3) is 0 Å². The van der Waals surface area contributed by atoms with Crippen molar-refractivity contribution in [2.24, 2.45) is 23.6 Å². The molecule has 98 valence electrons. The van der Waals surface area contributed by atoms with Crippen molar-refractivity contribution in [3.8, 4) is 0 Å². The average molecular weight is 245 g/mol. The molecule has 4 unspecified atom stereocenters. The molecule has 0 aromatic carbocycles. The highest BCUT2D eigenvalue weighted by Gasteiger charge is 2.40. The van der Waals surface area contributed by atoms with E-state index in [1.54, 1.807) is 0 Å².